The van der Waals surface area contributed by atoms with Crippen LogP contribution >= 0.6 is 12.2 Å². The van der Waals surface area contributed by atoms with Crippen molar-refractivity contribution in [2.24, 2.45) is 5.73 Å². The highest BCUT2D eigenvalue weighted by Gasteiger charge is 2.48. The average molecular weight is 545 g/mol. The number of nitrogens with zero attached hydrogens (tertiary/aromatic N) is 1. The predicted octanol–water partition coefficient (Wildman–Crippen LogP) is 4.45. The maximum absolute atomic E-state index is 6.55. The number of aromatic nitrogens is 2. The molecule has 0 radical (unpaired) electrons. The number of aromatic amines is 1. The van der Waals surface area contributed by atoms with Crippen molar-refractivity contribution in [1.29, 1.82) is 0 Å². The minimum absolute atomic E-state index is 0.106. The largest absolute Gasteiger partial charge is 0.395 e. The first-order valence-electron chi connectivity index (χ1n) is 12.8. The molecule has 202 valence electrons. The van der Waals surface area contributed by atoms with Crippen LogP contribution in [0.5, 0.6) is 0 Å². The van der Waals surface area contributed by atoms with Crippen molar-refractivity contribution < 1.29 is 18.9 Å². The van der Waals surface area contributed by atoms with E-state index in [1.54, 1.807) is 0 Å². The van der Waals surface area contributed by atoms with Gasteiger partial charge in [-0.3, -0.25) is 5.10 Å². The molecule has 1 saturated heterocycles. The molecule has 1 aromatic heterocycles. The summed E-state index contributed by atoms with van der Waals surface area (Å²) in [5.74, 6) is 0. The van der Waals surface area contributed by atoms with E-state index >= 15 is 0 Å². The van der Waals surface area contributed by atoms with Crippen LogP contribution in [0.3, 0.4) is 0 Å². The summed E-state index contributed by atoms with van der Waals surface area (Å²) in [7, 11) is 0. The summed E-state index contributed by atoms with van der Waals surface area (Å²) in [5, 5.41) is 7.21. The molecule has 0 unspecified atom stereocenters. The number of thiocarbonyl (C=S) groups is 1. The monoisotopic (exact) mass is 544 g/mol. The number of ether oxygens (including phenoxy) is 4. The van der Waals surface area contributed by atoms with E-state index in [4.69, 9.17) is 42.6 Å². The van der Waals surface area contributed by atoms with Gasteiger partial charge in [-0.1, -0.05) is 103 Å². The number of nitrogens with two attached hydrogens (primary N) is 2. The second-order valence-corrected chi connectivity index (χ2v) is 9.82. The second-order valence-electron chi connectivity index (χ2n) is 9.38. The Morgan fingerprint density at radius 3 is 1.82 bits per heavy atom. The Morgan fingerprint density at radius 1 is 0.795 bits per heavy atom. The van der Waals surface area contributed by atoms with Gasteiger partial charge in [0.2, 0.25) is 0 Å². The Labute approximate surface area is 233 Å². The lowest BCUT2D eigenvalue weighted by molar-refractivity contribution is -0.0898. The van der Waals surface area contributed by atoms with Gasteiger partial charge in [0.1, 0.15) is 35.1 Å². The molecule has 0 aliphatic carbocycles. The lowest BCUT2D eigenvalue weighted by Crippen LogP contribution is -2.38. The lowest BCUT2D eigenvalue weighted by atomic mass is 10.0. The summed E-state index contributed by atoms with van der Waals surface area (Å²) >= 11 is 5.13. The summed E-state index contributed by atoms with van der Waals surface area (Å²) < 4.78 is 25.6. The van der Waals surface area contributed by atoms with Gasteiger partial charge < -0.3 is 30.4 Å². The third-order valence-corrected chi connectivity index (χ3v) is 6.82. The minimum Gasteiger partial charge on any atom is -0.395 e. The van der Waals surface area contributed by atoms with Gasteiger partial charge >= 0.3 is 0 Å². The van der Waals surface area contributed by atoms with Gasteiger partial charge in [-0.15, -0.1) is 0 Å². The highest BCUT2D eigenvalue weighted by Crippen LogP contribution is 2.40. The zero-order chi connectivity index (χ0) is 27.0. The summed E-state index contributed by atoms with van der Waals surface area (Å²) in [4.78, 5) is 0.106. The van der Waals surface area contributed by atoms with Crippen molar-refractivity contribution in [3.05, 3.63) is 119 Å². The van der Waals surface area contributed by atoms with Crippen molar-refractivity contribution in [2.75, 3.05) is 12.3 Å². The van der Waals surface area contributed by atoms with Crippen LogP contribution < -0.4 is 11.5 Å². The summed E-state index contributed by atoms with van der Waals surface area (Å²) in [6.07, 6.45) is -2.00. The number of H-pyrrole nitrogens is 1. The van der Waals surface area contributed by atoms with Crippen LogP contribution in [0.4, 0.5) is 5.69 Å². The number of nitrogens with one attached hydrogen (secondary N) is 1. The van der Waals surface area contributed by atoms with Crippen molar-refractivity contribution in [3.8, 4) is 0 Å². The summed E-state index contributed by atoms with van der Waals surface area (Å²) in [6, 6.07) is 30.0. The molecule has 1 aliphatic heterocycles. The number of nitrogen functional groups attached to an aromatic ring is 1. The smallest absolute Gasteiger partial charge is 0.142 e. The molecule has 39 heavy (non-hydrogen) atoms. The molecule has 0 saturated carbocycles. The molecule has 5 N–H and O–H groups in total. The van der Waals surface area contributed by atoms with Gasteiger partial charge in [-0.2, -0.15) is 5.10 Å². The highest BCUT2D eigenvalue weighted by molar-refractivity contribution is 7.80. The van der Waals surface area contributed by atoms with Crippen LogP contribution in [0.15, 0.2) is 91.0 Å². The van der Waals surface area contributed by atoms with Gasteiger partial charge in [0.15, 0.2) is 0 Å². The Balaban J connectivity index is 1.41. The maximum atomic E-state index is 6.55. The van der Waals surface area contributed by atoms with Crippen LogP contribution in [0.2, 0.25) is 0 Å². The molecule has 2 heterocycles. The van der Waals surface area contributed by atoms with Gasteiger partial charge in [0.25, 0.3) is 0 Å². The Morgan fingerprint density at radius 2 is 1.31 bits per heavy atom. The molecule has 5 rings (SSSR count). The molecule has 1 aliphatic rings. The van der Waals surface area contributed by atoms with E-state index in [0.29, 0.717) is 43.5 Å². The van der Waals surface area contributed by atoms with Crippen molar-refractivity contribution in [3.63, 3.8) is 0 Å². The first-order chi connectivity index (χ1) is 19.1. The van der Waals surface area contributed by atoms with E-state index in [1.807, 2.05) is 91.0 Å². The zero-order valence-corrected chi connectivity index (χ0v) is 22.3. The SMILES string of the molecule is NC(=S)c1n[nH]c([C@@H]2O[C@H](COCc3ccccc3)[C@@H](OCc3ccccc3)[C@@H]2OCc2ccccc2)c1N. The molecular weight excluding hydrogens is 512 g/mol. The van der Waals surface area contributed by atoms with Gasteiger partial charge in [-0.05, 0) is 16.7 Å². The Kier molecular flexibility index (Phi) is 8.97. The van der Waals surface area contributed by atoms with Crippen molar-refractivity contribution in [1.82, 2.24) is 10.2 Å². The highest BCUT2D eigenvalue weighted by atomic mass is 32.1. The van der Waals surface area contributed by atoms with Crippen molar-refractivity contribution in [2.45, 2.75) is 44.2 Å². The molecule has 0 bridgehead atoms. The van der Waals surface area contributed by atoms with E-state index in [-0.39, 0.29) is 4.99 Å². The average Bonchev–Trinajstić information content (AvgIpc) is 3.52. The Bertz CT molecular complexity index is 1340. The number of rotatable bonds is 12. The fourth-order valence-corrected chi connectivity index (χ4v) is 4.80. The molecule has 9 heteroatoms. The lowest BCUT2D eigenvalue weighted by Gasteiger charge is -2.25. The van der Waals surface area contributed by atoms with E-state index in [0.717, 1.165) is 16.7 Å². The topological polar surface area (TPSA) is 118 Å². The molecule has 8 nitrogen and oxygen atoms in total. The normalized spacial score (nSPS) is 20.7. The zero-order valence-electron chi connectivity index (χ0n) is 21.4. The summed E-state index contributed by atoms with van der Waals surface area (Å²) in [5.41, 5.74) is 16.6. The van der Waals surface area contributed by atoms with Gasteiger partial charge in [0, 0.05) is 0 Å². The third kappa shape index (κ3) is 6.70. The Hall–Kier alpha value is -3.60. The third-order valence-electron chi connectivity index (χ3n) is 6.63. The van der Waals surface area contributed by atoms with E-state index < -0.39 is 24.4 Å². The number of benzene rings is 3. The van der Waals surface area contributed by atoms with Crippen molar-refractivity contribution >= 4 is 22.9 Å². The molecule has 0 spiro atoms. The first kappa shape index (κ1) is 27.0. The maximum Gasteiger partial charge on any atom is 0.142 e. The number of hydrogen-bond acceptors (Lipinski definition) is 7. The number of anilines is 1. The molecule has 3 aromatic carbocycles. The van der Waals surface area contributed by atoms with Crippen LogP contribution in [-0.2, 0) is 38.8 Å². The number of hydrogen-bond donors (Lipinski definition) is 3. The summed E-state index contributed by atoms with van der Waals surface area (Å²) in [6.45, 7) is 1.50. The van der Waals surface area contributed by atoms with Gasteiger partial charge in [0.05, 0.1) is 37.8 Å². The molecule has 4 aromatic rings. The first-order valence-corrected chi connectivity index (χ1v) is 13.2. The van der Waals surface area contributed by atoms with E-state index in [1.165, 1.54) is 0 Å². The quantitative estimate of drug-likeness (QED) is 0.224. The van der Waals surface area contributed by atoms with Crippen LogP contribution in [-0.4, -0.2) is 40.1 Å². The molecule has 4 atom stereocenters. The van der Waals surface area contributed by atoms with Crippen LogP contribution in [0.25, 0.3) is 0 Å². The molecule has 1 fully saturated rings. The van der Waals surface area contributed by atoms with E-state index in [9.17, 15) is 0 Å². The second kappa shape index (κ2) is 13.0. The molecule has 0 amide bonds. The van der Waals surface area contributed by atoms with Gasteiger partial charge in [-0.25, -0.2) is 0 Å². The minimum atomic E-state index is -0.601. The fourth-order valence-electron chi connectivity index (χ4n) is 4.65. The fraction of sp³-hybridized carbons (Fsp3) is 0.267. The van der Waals surface area contributed by atoms with Crippen LogP contribution in [0.1, 0.15) is 34.2 Å². The molecular formula is C30H32N4O4S. The van der Waals surface area contributed by atoms with Crippen LogP contribution in [0, 0.1) is 0 Å². The van der Waals surface area contributed by atoms with E-state index in [2.05, 4.69) is 10.2 Å². The standard InChI is InChI=1S/C30H32N4O4S/c31-24-25(33-34-26(24)30(32)39)28-29(37-18-22-14-8-3-9-15-22)27(36-17-21-12-6-2-7-13-21)23(38-28)19-35-16-20-10-4-1-5-11-20/h1-15,23,27-29H,16-19,31H2,(H2,32,39)(H,33,34)/t23-,27-,28+,29+/m1/s1. The predicted molar refractivity (Wildman–Crippen MR) is 153 cm³/mol.